The van der Waals surface area contributed by atoms with Crippen molar-refractivity contribution in [2.24, 2.45) is 0 Å². The van der Waals surface area contributed by atoms with Gasteiger partial charge in [-0.15, -0.1) is 0 Å². The van der Waals surface area contributed by atoms with Crippen molar-refractivity contribution in [3.63, 3.8) is 0 Å². The Balaban J connectivity index is 1.96. The van der Waals surface area contributed by atoms with Crippen LogP contribution >= 0.6 is 15.9 Å². The van der Waals surface area contributed by atoms with E-state index in [1.54, 1.807) is 6.07 Å². The molecule has 5 nitrogen and oxygen atoms in total. The minimum Gasteiger partial charge on any atom is -0.496 e. The highest BCUT2D eigenvalue weighted by Gasteiger charge is 2.18. The Kier molecular flexibility index (Phi) is 5.42. The van der Waals surface area contributed by atoms with Crippen LogP contribution in [0.4, 0.5) is 0 Å². The van der Waals surface area contributed by atoms with E-state index in [0.717, 1.165) is 19.4 Å². The Morgan fingerprint density at radius 1 is 1.50 bits per heavy atom. The lowest BCUT2D eigenvalue weighted by molar-refractivity contribution is 0.105. The van der Waals surface area contributed by atoms with Gasteiger partial charge in [-0.05, 0) is 53.4 Å². The summed E-state index contributed by atoms with van der Waals surface area (Å²) in [5, 5.41) is 0. The average Bonchev–Trinajstić information content (AvgIpc) is 2.91. The van der Waals surface area contributed by atoms with Crippen molar-refractivity contribution < 1.29 is 17.9 Å². The third kappa shape index (κ3) is 3.94. The van der Waals surface area contributed by atoms with E-state index in [1.807, 2.05) is 0 Å². The highest BCUT2D eigenvalue weighted by atomic mass is 79.9. The maximum absolute atomic E-state index is 12.1. The summed E-state index contributed by atoms with van der Waals surface area (Å²) in [6, 6.07) is 4.68. The SMILES string of the molecule is COc1ccc(S(=O)(=O)NCCC2CCCO2)cc1Br. The van der Waals surface area contributed by atoms with E-state index >= 15 is 0 Å². The molecule has 0 radical (unpaired) electrons. The summed E-state index contributed by atoms with van der Waals surface area (Å²) in [5.41, 5.74) is 0. The Bertz CT molecular complexity index is 555. The van der Waals surface area contributed by atoms with Gasteiger partial charge in [-0.2, -0.15) is 0 Å². The molecule has 0 bridgehead atoms. The Labute approximate surface area is 127 Å². The monoisotopic (exact) mass is 363 g/mol. The number of nitrogens with one attached hydrogen (secondary N) is 1. The molecule has 1 unspecified atom stereocenters. The maximum Gasteiger partial charge on any atom is 0.240 e. The molecule has 1 heterocycles. The lowest BCUT2D eigenvalue weighted by atomic mass is 10.2. The van der Waals surface area contributed by atoms with Crippen LogP contribution in [-0.2, 0) is 14.8 Å². The predicted molar refractivity (Wildman–Crippen MR) is 79.5 cm³/mol. The van der Waals surface area contributed by atoms with Gasteiger partial charge >= 0.3 is 0 Å². The number of methoxy groups -OCH3 is 1. The van der Waals surface area contributed by atoms with Crippen molar-refractivity contribution in [2.75, 3.05) is 20.3 Å². The molecule has 7 heteroatoms. The molecule has 1 aromatic rings. The molecule has 1 atom stereocenters. The van der Waals surface area contributed by atoms with Gasteiger partial charge in [0.15, 0.2) is 0 Å². The zero-order valence-electron chi connectivity index (χ0n) is 11.3. The Morgan fingerprint density at radius 3 is 2.90 bits per heavy atom. The zero-order valence-corrected chi connectivity index (χ0v) is 13.7. The summed E-state index contributed by atoms with van der Waals surface area (Å²) < 4.78 is 38.0. The van der Waals surface area contributed by atoms with Crippen LogP contribution in [0.3, 0.4) is 0 Å². The standard InChI is InChI=1S/C13H18BrNO4S/c1-18-13-5-4-11(9-12(13)14)20(16,17)15-7-6-10-3-2-8-19-10/h4-5,9-10,15H,2-3,6-8H2,1H3. The van der Waals surface area contributed by atoms with Gasteiger partial charge < -0.3 is 9.47 Å². The molecule has 20 heavy (non-hydrogen) atoms. The van der Waals surface area contributed by atoms with Crippen LogP contribution in [0, 0.1) is 0 Å². The first-order valence-corrected chi connectivity index (χ1v) is 8.75. The second-order valence-corrected chi connectivity index (χ2v) is 7.24. The molecule has 0 aromatic heterocycles. The van der Waals surface area contributed by atoms with Crippen LogP contribution in [0.1, 0.15) is 19.3 Å². The first kappa shape index (κ1) is 15.8. The molecule has 1 saturated heterocycles. The molecule has 2 rings (SSSR count). The Hall–Kier alpha value is -0.630. The van der Waals surface area contributed by atoms with Gasteiger partial charge in [0.05, 0.1) is 22.6 Å². The number of ether oxygens (including phenoxy) is 2. The molecular formula is C13H18BrNO4S. The number of hydrogen-bond donors (Lipinski definition) is 1. The number of halogens is 1. The van der Waals surface area contributed by atoms with Crippen LogP contribution in [0.25, 0.3) is 0 Å². The quantitative estimate of drug-likeness (QED) is 0.841. The third-order valence-electron chi connectivity index (χ3n) is 3.22. The molecular weight excluding hydrogens is 346 g/mol. The van der Waals surface area contributed by atoms with Crippen LogP contribution in [0.5, 0.6) is 5.75 Å². The molecule has 0 amide bonds. The van der Waals surface area contributed by atoms with E-state index in [9.17, 15) is 8.42 Å². The summed E-state index contributed by atoms with van der Waals surface area (Å²) in [6.07, 6.45) is 2.95. The maximum atomic E-state index is 12.1. The summed E-state index contributed by atoms with van der Waals surface area (Å²) in [5.74, 6) is 0.600. The van der Waals surface area contributed by atoms with Crippen LogP contribution < -0.4 is 9.46 Å². The molecule has 0 spiro atoms. The van der Waals surface area contributed by atoms with E-state index < -0.39 is 10.0 Å². The summed E-state index contributed by atoms with van der Waals surface area (Å²) >= 11 is 3.28. The summed E-state index contributed by atoms with van der Waals surface area (Å²) in [4.78, 5) is 0.220. The number of sulfonamides is 1. The van der Waals surface area contributed by atoms with E-state index in [2.05, 4.69) is 20.7 Å². The fourth-order valence-electron chi connectivity index (χ4n) is 2.12. The topological polar surface area (TPSA) is 64.6 Å². The van der Waals surface area contributed by atoms with Crippen LogP contribution in [-0.4, -0.2) is 34.8 Å². The van der Waals surface area contributed by atoms with E-state index in [1.165, 1.54) is 19.2 Å². The number of hydrogen-bond acceptors (Lipinski definition) is 4. The molecule has 0 saturated carbocycles. The van der Waals surface area contributed by atoms with Crippen molar-refractivity contribution in [1.29, 1.82) is 0 Å². The van der Waals surface area contributed by atoms with Gasteiger partial charge in [0.25, 0.3) is 0 Å². The number of rotatable bonds is 6. The molecule has 1 N–H and O–H groups in total. The minimum absolute atomic E-state index is 0.181. The predicted octanol–water partition coefficient (Wildman–Crippen LogP) is 2.31. The van der Waals surface area contributed by atoms with Gasteiger partial charge in [-0.3, -0.25) is 0 Å². The van der Waals surface area contributed by atoms with Crippen molar-refractivity contribution >= 4 is 26.0 Å². The fraction of sp³-hybridized carbons (Fsp3) is 0.538. The molecule has 1 aliphatic heterocycles. The second kappa shape index (κ2) is 6.89. The fourth-order valence-corrected chi connectivity index (χ4v) is 3.89. The van der Waals surface area contributed by atoms with Gasteiger partial charge in [0.2, 0.25) is 10.0 Å². The van der Waals surface area contributed by atoms with E-state index in [0.29, 0.717) is 23.2 Å². The van der Waals surface area contributed by atoms with Gasteiger partial charge in [-0.25, -0.2) is 13.1 Å². The molecule has 0 aliphatic carbocycles. The highest BCUT2D eigenvalue weighted by molar-refractivity contribution is 9.10. The van der Waals surface area contributed by atoms with Crippen molar-refractivity contribution in [3.05, 3.63) is 22.7 Å². The smallest absolute Gasteiger partial charge is 0.240 e. The highest BCUT2D eigenvalue weighted by Crippen LogP contribution is 2.27. The number of benzene rings is 1. The van der Waals surface area contributed by atoms with E-state index in [4.69, 9.17) is 9.47 Å². The van der Waals surface area contributed by atoms with Gasteiger partial charge in [0.1, 0.15) is 5.75 Å². The average molecular weight is 364 g/mol. The lowest BCUT2D eigenvalue weighted by Gasteiger charge is -2.11. The first-order chi connectivity index (χ1) is 9.53. The second-order valence-electron chi connectivity index (χ2n) is 4.62. The van der Waals surface area contributed by atoms with Gasteiger partial charge in [0, 0.05) is 13.2 Å². The first-order valence-electron chi connectivity index (χ1n) is 6.48. The summed E-state index contributed by atoms with van der Waals surface area (Å²) in [7, 11) is -1.95. The van der Waals surface area contributed by atoms with Crippen LogP contribution in [0.15, 0.2) is 27.6 Å². The molecule has 112 valence electrons. The minimum atomic E-state index is -3.49. The largest absolute Gasteiger partial charge is 0.496 e. The van der Waals surface area contributed by atoms with Crippen molar-refractivity contribution in [2.45, 2.75) is 30.3 Å². The van der Waals surface area contributed by atoms with Crippen molar-refractivity contribution in [1.82, 2.24) is 4.72 Å². The molecule has 1 aromatic carbocycles. The zero-order chi connectivity index (χ0) is 14.6. The van der Waals surface area contributed by atoms with Crippen LogP contribution in [0.2, 0.25) is 0 Å². The normalized spacial score (nSPS) is 19.2. The summed E-state index contributed by atoms with van der Waals surface area (Å²) in [6.45, 7) is 1.17. The molecule has 1 aliphatic rings. The molecule has 1 fully saturated rings. The van der Waals surface area contributed by atoms with Gasteiger partial charge in [-0.1, -0.05) is 0 Å². The third-order valence-corrected chi connectivity index (χ3v) is 5.29. The lowest BCUT2D eigenvalue weighted by Crippen LogP contribution is -2.27. The van der Waals surface area contributed by atoms with Crippen molar-refractivity contribution in [3.8, 4) is 5.75 Å². The van der Waals surface area contributed by atoms with E-state index in [-0.39, 0.29) is 11.0 Å². The Morgan fingerprint density at radius 2 is 2.30 bits per heavy atom.